The van der Waals surface area contributed by atoms with Crippen molar-refractivity contribution in [2.45, 2.75) is 6.61 Å². The van der Waals surface area contributed by atoms with Crippen LogP contribution in [0.4, 0.5) is 20.2 Å². The van der Waals surface area contributed by atoms with Crippen LogP contribution in [0.5, 0.6) is 11.5 Å². The van der Waals surface area contributed by atoms with Crippen LogP contribution in [0.2, 0.25) is 0 Å². The average molecular weight is 418 g/mol. The Hall–Kier alpha value is -3.46. The molecule has 3 aromatic rings. The van der Waals surface area contributed by atoms with E-state index < -0.39 is 12.5 Å². The molecule has 0 saturated carbocycles. The van der Waals surface area contributed by atoms with Crippen molar-refractivity contribution in [3.8, 4) is 11.5 Å². The van der Waals surface area contributed by atoms with Crippen molar-refractivity contribution < 1.29 is 27.8 Å². The highest BCUT2D eigenvalue weighted by Crippen LogP contribution is 2.30. The molecule has 2 N–H and O–H groups in total. The Morgan fingerprint density at radius 1 is 0.931 bits per heavy atom. The predicted molar refractivity (Wildman–Crippen MR) is 106 cm³/mol. The Balaban J connectivity index is 1.71. The first-order valence-corrected chi connectivity index (χ1v) is 9.23. The second kappa shape index (κ2) is 9.16. The minimum absolute atomic E-state index is 0.00918. The molecule has 0 atom stereocenters. The van der Waals surface area contributed by atoms with E-state index in [1.165, 1.54) is 36.6 Å². The number of hydrogen-bond donors (Lipinski definition) is 2. The molecule has 0 aliphatic heterocycles. The lowest BCUT2D eigenvalue weighted by atomic mass is 10.1. The van der Waals surface area contributed by atoms with Gasteiger partial charge in [0.1, 0.15) is 0 Å². The molecule has 0 aliphatic carbocycles. The van der Waals surface area contributed by atoms with Gasteiger partial charge in [0.15, 0.2) is 11.5 Å². The van der Waals surface area contributed by atoms with Gasteiger partial charge in [0, 0.05) is 16.9 Å². The van der Waals surface area contributed by atoms with Crippen LogP contribution >= 0.6 is 11.3 Å². The van der Waals surface area contributed by atoms with Gasteiger partial charge in [0.05, 0.1) is 12.0 Å². The minimum Gasteiger partial charge on any atom is -0.493 e. The first-order valence-electron chi connectivity index (χ1n) is 8.35. The van der Waals surface area contributed by atoms with Crippen molar-refractivity contribution in [1.29, 1.82) is 0 Å². The Morgan fingerprint density at radius 3 is 2.28 bits per heavy atom. The molecular formula is C20H16F2N2O4S. The maximum atomic E-state index is 12.5. The van der Waals surface area contributed by atoms with Crippen molar-refractivity contribution in [1.82, 2.24) is 0 Å². The monoisotopic (exact) mass is 418 g/mol. The molecule has 0 spiro atoms. The molecule has 1 heterocycles. The van der Waals surface area contributed by atoms with Gasteiger partial charge >= 0.3 is 6.61 Å². The molecule has 1 aromatic heterocycles. The van der Waals surface area contributed by atoms with Gasteiger partial charge in [0.25, 0.3) is 11.8 Å². The number of halogens is 2. The summed E-state index contributed by atoms with van der Waals surface area (Å²) in [5.74, 6) is -0.885. The van der Waals surface area contributed by atoms with Crippen molar-refractivity contribution >= 4 is 34.5 Å². The summed E-state index contributed by atoms with van der Waals surface area (Å²) < 4.78 is 34.2. The number of carbonyl (C=O) groups excluding carboxylic acids is 2. The van der Waals surface area contributed by atoms with Crippen LogP contribution in [0.3, 0.4) is 0 Å². The second-order valence-corrected chi connectivity index (χ2v) is 6.66. The number of nitrogens with one attached hydrogen (secondary N) is 2. The Labute approximate surface area is 169 Å². The highest BCUT2D eigenvalue weighted by molar-refractivity contribution is 7.12. The van der Waals surface area contributed by atoms with Gasteiger partial charge in [-0.05, 0) is 47.8 Å². The molecular weight excluding hydrogens is 402 g/mol. The summed E-state index contributed by atoms with van der Waals surface area (Å²) in [4.78, 5) is 25.2. The third-order valence-electron chi connectivity index (χ3n) is 3.77. The fourth-order valence-corrected chi connectivity index (χ4v) is 3.10. The Kier molecular flexibility index (Phi) is 6.40. The first kappa shape index (κ1) is 20.3. The van der Waals surface area contributed by atoms with E-state index in [1.54, 1.807) is 41.8 Å². The van der Waals surface area contributed by atoms with E-state index in [9.17, 15) is 18.4 Å². The summed E-state index contributed by atoms with van der Waals surface area (Å²) in [7, 11) is 1.29. The summed E-state index contributed by atoms with van der Waals surface area (Å²) in [5, 5.41) is 7.24. The van der Waals surface area contributed by atoms with Gasteiger partial charge in [-0.2, -0.15) is 8.78 Å². The summed E-state index contributed by atoms with van der Waals surface area (Å²) in [6.45, 7) is -3.00. The van der Waals surface area contributed by atoms with Crippen LogP contribution in [0.1, 0.15) is 20.0 Å². The topological polar surface area (TPSA) is 76.7 Å². The maximum absolute atomic E-state index is 12.5. The molecule has 2 aromatic carbocycles. The molecule has 0 radical (unpaired) electrons. The van der Waals surface area contributed by atoms with Crippen LogP contribution < -0.4 is 20.1 Å². The third-order valence-corrected chi connectivity index (χ3v) is 4.63. The molecule has 0 aliphatic rings. The first-order chi connectivity index (χ1) is 14.0. The van der Waals surface area contributed by atoms with E-state index in [-0.39, 0.29) is 23.0 Å². The van der Waals surface area contributed by atoms with Crippen molar-refractivity contribution in [3.63, 3.8) is 0 Å². The molecule has 0 unspecified atom stereocenters. The van der Waals surface area contributed by atoms with Crippen LogP contribution in [-0.4, -0.2) is 25.5 Å². The van der Waals surface area contributed by atoms with E-state index in [1.807, 2.05) is 0 Å². The number of anilines is 2. The minimum atomic E-state index is -3.00. The molecule has 3 rings (SSSR count). The van der Waals surface area contributed by atoms with Crippen LogP contribution in [0.25, 0.3) is 0 Å². The van der Waals surface area contributed by atoms with Crippen LogP contribution in [-0.2, 0) is 0 Å². The number of hydrogen-bond acceptors (Lipinski definition) is 5. The summed E-state index contributed by atoms with van der Waals surface area (Å²) in [6.07, 6.45) is 0. The van der Waals surface area contributed by atoms with E-state index in [2.05, 4.69) is 15.4 Å². The molecule has 29 heavy (non-hydrogen) atoms. The van der Waals surface area contributed by atoms with Crippen molar-refractivity contribution in [2.75, 3.05) is 17.7 Å². The molecule has 9 heteroatoms. The Morgan fingerprint density at radius 2 is 1.66 bits per heavy atom. The van der Waals surface area contributed by atoms with Gasteiger partial charge in [-0.15, -0.1) is 11.3 Å². The highest BCUT2D eigenvalue weighted by atomic mass is 32.1. The van der Waals surface area contributed by atoms with E-state index in [0.29, 0.717) is 16.3 Å². The number of thiophene rings is 1. The molecule has 0 fully saturated rings. The van der Waals surface area contributed by atoms with Crippen LogP contribution in [0.15, 0.2) is 60.0 Å². The van der Waals surface area contributed by atoms with Gasteiger partial charge in [-0.25, -0.2) is 0 Å². The number of benzene rings is 2. The fourth-order valence-electron chi connectivity index (χ4n) is 2.48. The lowest BCUT2D eigenvalue weighted by Gasteiger charge is -2.12. The van der Waals surface area contributed by atoms with E-state index >= 15 is 0 Å². The summed E-state index contributed by atoms with van der Waals surface area (Å²) in [6, 6.07) is 14.0. The smallest absolute Gasteiger partial charge is 0.387 e. The number of alkyl halides is 2. The van der Waals surface area contributed by atoms with E-state index in [0.717, 1.165) is 0 Å². The number of ether oxygens (including phenoxy) is 2. The zero-order valence-corrected chi connectivity index (χ0v) is 16.0. The predicted octanol–water partition coefficient (Wildman–Crippen LogP) is 4.86. The fraction of sp³-hybridized carbons (Fsp3) is 0.100. The van der Waals surface area contributed by atoms with Crippen molar-refractivity contribution in [2.24, 2.45) is 0 Å². The lowest BCUT2D eigenvalue weighted by molar-refractivity contribution is -0.0512. The zero-order valence-electron chi connectivity index (χ0n) is 15.1. The molecule has 2 amide bonds. The largest absolute Gasteiger partial charge is 0.493 e. The SMILES string of the molecule is COc1cc(C(=O)Nc2cccc(NC(=O)c3cccs3)c2)ccc1OC(F)F. The quantitative estimate of drug-likeness (QED) is 0.574. The highest BCUT2D eigenvalue weighted by Gasteiger charge is 2.15. The molecule has 0 bridgehead atoms. The number of carbonyl (C=O) groups is 2. The summed E-state index contributed by atoms with van der Waals surface area (Å²) >= 11 is 1.32. The average Bonchev–Trinajstić information content (AvgIpc) is 3.23. The number of amides is 2. The van der Waals surface area contributed by atoms with Crippen molar-refractivity contribution in [3.05, 3.63) is 70.4 Å². The van der Waals surface area contributed by atoms with Gasteiger partial charge in [-0.3, -0.25) is 9.59 Å². The van der Waals surface area contributed by atoms with E-state index in [4.69, 9.17) is 4.74 Å². The van der Waals surface area contributed by atoms with Crippen LogP contribution in [0, 0.1) is 0 Å². The lowest BCUT2D eigenvalue weighted by Crippen LogP contribution is -2.14. The van der Waals surface area contributed by atoms with Gasteiger partial charge < -0.3 is 20.1 Å². The standard InChI is InChI=1S/C20H16F2N2O4S/c1-27-16-10-12(7-8-15(16)28-20(21)22)18(25)23-13-4-2-5-14(11-13)24-19(26)17-6-3-9-29-17/h2-11,20H,1H3,(H,23,25)(H,24,26). The zero-order chi connectivity index (χ0) is 20.8. The maximum Gasteiger partial charge on any atom is 0.387 e. The molecule has 0 saturated heterocycles. The molecule has 150 valence electrons. The van der Waals surface area contributed by atoms with Gasteiger partial charge in [0.2, 0.25) is 0 Å². The molecule has 6 nitrogen and oxygen atoms in total. The Bertz CT molecular complexity index is 1010. The number of rotatable bonds is 7. The summed E-state index contributed by atoms with van der Waals surface area (Å²) in [5.41, 5.74) is 1.15. The normalized spacial score (nSPS) is 10.5. The number of methoxy groups -OCH3 is 1. The second-order valence-electron chi connectivity index (χ2n) is 5.71. The third kappa shape index (κ3) is 5.29. The van der Waals surface area contributed by atoms with Gasteiger partial charge in [-0.1, -0.05) is 12.1 Å².